The molecule has 2 heterocycles. The van der Waals surface area contributed by atoms with Gasteiger partial charge in [0.05, 0.1) is 19.2 Å². The first-order valence-electron chi connectivity index (χ1n) is 21.1. The Bertz CT molecular complexity index is 2560. The maximum Gasteiger partial charge on any atom is 0.173 e. The summed E-state index contributed by atoms with van der Waals surface area (Å²) in [5.74, 6) is 5.04. The molecule has 3 atom stereocenters. The maximum absolute atomic E-state index is 6.55. The molecule has 3 unspecified atom stereocenters. The van der Waals surface area contributed by atoms with Crippen LogP contribution >= 0.6 is 0 Å². The van der Waals surface area contributed by atoms with Crippen molar-refractivity contribution in [3.8, 4) is 34.5 Å². The summed E-state index contributed by atoms with van der Waals surface area (Å²) in [4.78, 5) is 17.4. The van der Waals surface area contributed by atoms with E-state index in [2.05, 4.69) is 45.8 Å². The first-order valence-corrected chi connectivity index (χ1v) is 21.1. The van der Waals surface area contributed by atoms with Crippen molar-refractivity contribution in [1.29, 1.82) is 10.8 Å². The molecule has 0 radical (unpaired) electrons. The van der Waals surface area contributed by atoms with Crippen LogP contribution in [0.2, 0.25) is 0 Å². The molecule has 0 fully saturated rings. The molecule has 0 aromatic heterocycles. The van der Waals surface area contributed by atoms with Crippen molar-refractivity contribution >= 4 is 40.8 Å². The highest BCUT2D eigenvalue weighted by Crippen LogP contribution is 2.34. The maximum atomic E-state index is 6.55. The summed E-state index contributed by atoms with van der Waals surface area (Å²) in [6.07, 6.45) is 0.0366. The van der Waals surface area contributed by atoms with E-state index in [4.69, 9.17) is 39.2 Å². The second kappa shape index (κ2) is 24.0. The molecular weight excluding hydrogens is 805 g/mol. The van der Waals surface area contributed by atoms with Crippen molar-refractivity contribution in [3.05, 3.63) is 157 Å². The average molecular weight is 857 g/mol. The molecule has 8 rings (SSSR count). The third-order valence-electron chi connectivity index (χ3n) is 10.5. The molecule has 2 aliphatic heterocycles. The summed E-state index contributed by atoms with van der Waals surface area (Å²) in [6.45, 7) is 10.1. The summed E-state index contributed by atoms with van der Waals surface area (Å²) < 4.78 is 37.6. The molecule has 0 saturated carbocycles. The van der Waals surface area contributed by atoms with E-state index in [1.54, 1.807) is 0 Å². The molecule has 64 heavy (non-hydrogen) atoms. The van der Waals surface area contributed by atoms with Gasteiger partial charge in [-0.1, -0.05) is 105 Å². The Hall–Kier alpha value is -7.74. The molecule has 0 saturated heterocycles. The predicted octanol–water partition coefficient (Wildman–Crippen LogP) is 12.7. The van der Waals surface area contributed by atoms with Gasteiger partial charge in [-0.15, -0.1) is 0 Å². The normalized spacial score (nSPS) is 15.8. The summed E-state index contributed by atoms with van der Waals surface area (Å²) in [5, 5.41) is 11.2. The summed E-state index contributed by atoms with van der Waals surface area (Å²) >= 11 is 0. The third-order valence-corrected chi connectivity index (χ3v) is 10.5. The molecule has 0 bridgehead atoms. The number of hydrogen-bond donors (Lipinski definition) is 2. The standard InChI is InChI=1S/C31H28N2O4.C20H22N2O2.CH2N2/c1-22-11-3-7-15-26(22)34-19-30(36-27-16-8-4-12-23(27)2)31-20-35-28-17-9-5-13-24(28)32-21-33-25-14-6-10-18-29(25)37-31;1-3-15(2)16-12-23-19-10-6-4-8-17(19)21-14-22-18-9-5-7-11-20(18)24-13-16;2-1-3/h3-18,30-31H,19-20H2,1-2H3;4-11,15-16H,3,12-13H2,1-2H3;2-3H. The Balaban J connectivity index is 0.000000217. The predicted molar refractivity (Wildman–Crippen MR) is 251 cm³/mol. The monoisotopic (exact) mass is 856 g/mol. The van der Waals surface area contributed by atoms with Crippen molar-refractivity contribution in [2.45, 2.75) is 46.3 Å². The second-order valence-corrected chi connectivity index (χ2v) is 14.9. The van der Waals surface area contributed by atoms with Gasteiger partial charge in [0.2, 0.25) is 0 Å². The lowest BCUT2D eigenvalue weighted by molar-refractivity contribution is -0.000868. The Morgan fingerprint density at radius 3 is 1.44 bits per heavy atom. The molecule has 2 N–H and O–H groups in total. The molecule has 326 valence electrons. The van der Waals surface area contributed by atoms with Crippen molar-refractivity contribution in [2.75, 3.05) is 26.4 Å². The van der Waals surface area contributed by atoms with Gasteiger partial charge in [0.15, 0.2) is 12.2 Å². The SMILES string of the molecule is CCC(C)C1COc2ccccc2N=C=Nc2ccccc2OC1.Cc1ccccc1OCC(Oc1ccccc1C)C1COc2ccccc2N=C=Nc2ccccc2O1.N=C=N. The third kappa shape index (κ3) is 13.1. The fraction of sp³-hybridized carbons (Fsp3) is 0.250. The zero-order valence-electron chi connectivity index (χ0n) is 36.4. The van der Waals surface area contributed by atoms with Crippen LogP contribution in [0, 0.1) is 36.5 Å². The van der Waals surface area contributed by atoms with Crippen LogP contribution in [0.4, 0.5) is 22.7 Å². The highest BCUT2D eigenvalue weighted by Gasteiger charge is 2.30. The highest BCUT2D eigenvalue weighted by molar-refractivity contribution is 5.66. The van der Waals surface area contributed by atoms with Crippen LogP contribution in [0.5, 0.6) is 34.5 Å². The molecule has 12 nitrogen and oxygen atoms in total. The molecule has 6 aromatic carbocycles. The molecule has 0 aliphatic carbocycles. The van der Waals surface area contributed by atoms with Crippen molar-refractivity contribution in [1.82, 2.24) is 0 Å². The van der Waals surface area contributed by atoms with Crippen molar-refractivity contribution < 1.29 is 28.4 Å². The Labute approximate surface area is 374 Å². The molecule has 0 amide bonds. The van der Waals surface area contributed by atoms with Crippen LogP contribution in [0.15, 0.2) is 166 Å². The van der Waals surface area contributed by atoms with Crippen LogP contribution in [0.25, 0.3) is 0 Å². The number of benzene rings is 6. The van der Waals surface area contributed by atoms with Gasteiger partial charge in [-0.25, -0.2) is 10.8 Å². The molecule has 2 aliphatic rings. The van der Waals surface area contributed by atoms with Gasteiger partial charge in [0, 0.05) is 5.92 Å². The molecular formula is C52H52N6O6. The Morgan fingerprint density at radius 1 is 0.578 bits per heavy atom. The smallest absolute Gasteiger partial charge is 0.173 e. The number of hydrogen-bond acceptors (Lipinski definition) is 12. The minimum absolute atomic E-state index is 0.203. The van der Waals surface area contributed by atoms with Gasteiger partial charge in [0.25, 0.3) is 0 Å². The highest BCUT2D eigenvalue weighted by atomic mass is 16.6. The average Bonchev–Trinajstić information content (AvgIpc) is 3.35. The number of fused-ring (bicyclic) bond motifs is 4. The molecule has 0 spiro atoms. The number of aliphatic imine (C=N–C) groups is 4. The minimum Gasteiger partial charge on any atom is -0.491 e. The van der Waals surface area contributed by atoms with E-state index in [0.717, 1.165) is 51.9 Å². The topological polar surface area (TPSA) is 153 Å². The van der Waals surface area contributed by atoms with Crippen molar-refractivity contribution in [2.24, 2.45) is 31.8 Å². The van der Waals surface area contributed by atoms with Gasteiger partial charge in [-0.2, -0.15) is 20.0 Å². The summed E-state index contributed by atoms with van der Waals surface area (Å²) in [5.41, 5.74) is 4.79. The van der Waals surface area contributed by atoms with Gasteiger partial charge in [-0.3, -0.25) is 0 Å². The van der Waals surface area contributed by atoms with Crippen LogP contribution in [0.3, 0.4) is 0 Å². The van der Waals surface area contributed by atoms with Gasteiger partial charge < -0.3 is 28.4 Å². The number of aryl methyl sites for hydroxylation is 2. The largest absolute Gasteiger partial charge is 0.491 e. The number of rotatable bonds is 8. The van der Waals surface area contributed by atoms with Gasteiger partial charge in [-0.05, 0) is 91.6 Å². The lowest BCUT2D eigenvalue weighted by Crippen LogP contribution is -2.44. The first-order chi connectivity index (χ1) is 31.4. The van der Waals surface area contributed by atoms with Crippen LogP contribution in [-0.4, -0.2) is 56.7 Å². The first kappa shape index (κ1) is 45.8. The fourth-order valence-corrected chi connectivity index (χ4v) is 6.54. The van der Waals surface area contributed by atoms with Crippen LogP contribution in [-0.2, 0) is 0 Å². The van der Waals surface area contributed by atoms with E-state index in [0.29, 0.717) is 47.9 Å². The van der Waals surface area contributed by atoms with E-state index >= 15 is 0 Å². The van der Waals surface area contributed by atoms with Gasteiger partial charge in [0.1, 0.15) is 82.5 Å². The summed E-state index contributed by atoms with van der Waals surface area (Å²) in [7, 11) is 0. The zero-order chi connectivity index (χ0) is 44.9. The van der Waals surface area contributed by atoms with E-state index < -0.39 is 12.2 Å². The van der Waals surface area contributed by atoms with Crippen LogP contribution < -0.4 is 28.4 Å². The lowest BCUT2D eigenvalue weighted by atomic mass is 9.93. The van der Waals surface area contributed by atoms with E-state index in [9.17, 15) is 0 Å². The van der Waals surface area contributed by atoms with Crippen LogP contribution in [0.1, 0.15) is 31.4 Å². The number of nitrogens with zero attached hydrogens (tertiary/aromatic N) is 4. The Kier molecular flexibility index (Phi) is 17.2. The molecule has 12 heteroatoms. The summed E-state index contributed by atoms with van der Waals surface area (Å²) in [6, 6.07) is 53.1. The van der Waals surface area contributed by atoms with Crippen molar-refractivity contribution in [3.63, 3.8) is 0 Å². The Morgan fingerprint density at radius 2 is 0.969 bits per heavy atom. The second-order valence-electron chi connectivity index (χ2n) is 14.9. The van der Waals surface area contributed by atoms with E-state index in [1.807, 2.05) is 159 Å². The van der Waals surface area contributed by atoms with E-state index in [-0.39, 0.29) is 13.2 Å². The van der Waals surface area contributed by atoms with Gasteiger partial charge >= 0.3 is 0 Å². The quantitative estimate of drug-likeness (QED) is 0.145. The lowest BCUT2D eigenvalue weighted by Gasteiger charge is -2.29. The minimum atomic E-state index is -0.536. The number of para-hydroxylation sites is 10. The molecule has 6 aromatic rings. The fourth-order valence-electron chi connectivity index (χ4n) is 6.54. The number of ether oxygens (including phenoxy) is 6. The number of nitrogens with one attached hydrogen (secondary N) is 2. The van der Waals surface area contributed by atoms with E-state index in [1.165, 1.54) is 6.01 Å². The zero-order valence-corrected chi connectivity index (χ0v) is 36.4.